The van der Waals surface area contributed by atoms with Gasteiger partial charge in [0.1, 0.15) is 30.4 Å². The van der Waals surface area contributed by atoms with Gasteiger partial charge in [-0.05, 0) is 16.2 Å². The van der Waals surface area contributed by atoms with Gasteiger partial charge in [0.25, 0.3) is 11.8 Å². The van der Waals surface area contributed by atoms with Crippen molar-refractivity contribution in [3.63, 3.8) is 0 Å². The molecule has 2 amide bonds. The van der Waals surface area contributed by atoms with E-state index in [1.54, 1.807) is 24.4 Å². The van der Waals surface area contributed by atoms with E-state index in [9.17, 15) is 24.7 Å². The Morgan fingerprint density at radius 3 is 2.94 bits per heavy atom. The number of nitrogens with two attached hydrogens (primary N) is 1. The Morgan fingerprint density at radius 1 is 1.44 bits per heavy atom. The minimum Gasteiger partial charge on any atom is -0.543 e. The molecular weight excluding hydrogens is 510 g/mol. The van der Waals surface area contributed by atoms with Crippen molar-refractivity contribution >= 4 is 57.2 Å². The van der Waals surface area contributed by atoms with Crippen LogP contribution in [0.1, 0.15) is 11.3 Å². The Hall–Kier alpha value is -4.11. The Bertz CT molecular complexity index is 1460. The number of nitrogens with one attached hydrogen (secondary N) is 1. The smallest absolute Gasteiger partial charge is 0.276 e. The second-order valence-electron chi connectivity index (χ2n) is 7.88. The first kappa shape index (κ1) is 23.6. The normalized spacial score (nSPS) is 19.8. The SMILES string of the molecule is CO/N=C(\C(=O)N[C@@H]1C(=O)N2C(C(=O)[O-])=C(Cc3cn(O)[n+]4ccccc34)CS[C@@H]12)c1csc(N)n1. The highest BCUT2D eigenvalue weighted by Gasteiger charge is 2.53. The Morgan fingerprint density at radius 2 is 2.25 bits per heavy atom. The van der Waals surface area contributed by atoms with Crippen LogP contribution in [-0.4, -0.2) is 67.7 Å². The number of aliphatic carboxylic acids is 1. The molecule has 2 aliphatic heterocycles. The molecule has 1 saturated heterocycles. The monoisotopic (exact) mass is 529 g/mol. The molecule has 15 heteroatoms. The van der Waals surface area contributed by atoms with Gasteiger partial charge in [-0.2, -0.15) is 0 Å². The Labute approximate surface area is 211 Å². The highest BCUT2D eigenvalue weighted by molar-refractivity contribution is 8.00. The van der Waals surface area contributed by atoms with E-state index in [-0.39, 0.29) is 34.4 Å². The van der Waals surface area contributed by atoms with Gasteiger partial charge in [-0.3, -0.25) is 14.5 Å². The molecule has 0 saturated carbocycles. The van der Waals surface area contributed by atoms with Crippen LogP contribution in [0.4, 0.5) is 5.13 Å². The molecule has 186 valence electrons. The molecule has 1 fully saturated rings. The summed E-state index contributed by atoms with van der Waals surface area (Å²) in [4.78, 5) is 48.8. The fourth-order valence-electron chi connectivity index (χ4n) is 4.21. The van der Waals surface area contributed by atoms with E-state index in [0.717, 1.165) is 21.1 Å². The lowest BCUT2D eigenvalue weighted by Gasteiger charge is -2.50. The number of fused-ring (bicyclic) bond motifs is 2. The maximum absolute atomic E-state index is 13.0. The largest absolute Gasteiger partial charge is 0.543 e. The number of oxime groups is 1. The number of aromatic nitrogens is 3. The molecular formula is C21H19N7O6S2. The van der Waals surface area contributed by atoms with Gasteiger partial charge in [0.2, 0.25) is 11.7 Å². The van der Waals surface area contributed by atoms with Crippen molar-refractivity contribution < 1.29 is 34.1 Å². The second kappa shape index (κ2) is 9.16. The zero-order chi connectivity index (χ0) is 25.6. The topological polar surface area (TPSA) is 179 Å². The van der Waals surface area contributed by atoms with E-state index in [2.05, 4.69) is 15.5 Å². The Kier molecular flexibility index (Phi) is 6.01. The summed E-state index contributed by atoms with van der Waals surface area (Å²) < 4.78 is 1.50. The lowest BCUT2D eigenvalue weighted by Crippen LogP contribution is -2.71. The highest BCUT2D eigenvalue weighted by Crippen LogP contribution is 2.41. The molecule has 0 aliphatic carbocycles. The summed E-state index contributed by atoms with van der Waals surface area (Å²) in [5, 5.41) is 29.6. The third-order valence-electron chi connectivity index (χ3n) is 5.75. The van der Waals surface area contributed by atoms with E-state index in [4.69, 9.17) is 10.6 Å². The number of anilines is 1. The van der Waals surface area contributed by atoms with E-state index < -0.39 is 29.2 Å². The van der Waals surface area contributed by atoms with Crippen molar-refractivity contribution in [3.8, 4) is 0 Å². The number of thioether (sulfide) groups is 1. The second-order valence-corrected chi connectivity index (χ2v) is 9.87. The number of pyridine rings is 1. The number of carboxylic acids is 1. The third kappa shape index (κ3) is 3.91. The predicted molar refractivity (Wildman–Crippen MR) is 126 cm³/mol. The van der Waals surface area contributed by atoms with E-state index in [1.807, 2.05) is 0 Å². The molecule has 2 atom stereocenters. The maximum atomic E-state index is 13.0. The van der Waals surface area contributed by atoms with Crippen LogP contribution in [-0.2, 0) is 25.6 Å². The molecule has 5 heterocycles. The maximum Gasteiger partial charge on any atom is 0.276 e. The molecule has 0 aromatic carbocycles. The first-order valence-electron chi connectivity index (χ1n) is 10.5. The van der Waals surface area contributed by atoms with E-state index in [1.165, 1.54) is 35.0 Å². The number of carboxylic acid groups (broad SMARTS) is 1. The molecule has 0 spiro atoms. The van der Waals surface area contributed by atoms with Crippen LogP contribution in [0.2, 0.25) is 0 Å². The lowest BCUT2D eigenvalue weighted by molar-refractivity contribution is -0.647. The van der Waals surface area contributed by atoms with Gasteiger partial charge < -0.3 is 31.0 Å². The van der Waals surface area contributed by atoms with Crippen molar-refractivity contribution in [1.29, 1.82) is 0 Å². The standard InChI is InChI=1S/C21H19N7O6S2/c1-34-25-14(12-9-36-21(22)23-12)17(29)24-15-18(30)28-16(20(31)32)11(8-35-19(15)28)6-10-7-27(33)26-5-3-2-4-13(10)26/h2-5,7,9,15,19H,6,8H2,1H3,(H4-,22,23,24,29,31,32,33)/b25-14-/t15-,19+/m1/s1. The summed E-state index contributed by atoms with van der Waals surface area (Å²) in [7, 11) is 1.27. The summed E-state index contributed by atoms with van der Waals surface area (Å²) in [5.74, 6) is -2.51. The molecule has 36 heavy (non-hydrogen) atoms. The Balaban J connectivity index is 1.38. The number of hydrogen-bond acceptors (Lipinski definition) is 11. The fraction of sp³-hybridized carbons (Fsp3) is 0.238. The molecule has 5 rings (SSSR count). The van der Waals surface area contributed by atoms with Crippen LogP contribution < -0.4 is 20.7 Å². The van der Waals surface area contributed by atoms with Crippen molar-refractivity contribution in [2.75, 3.05) is 18.6 Å². The predicted octanol–water partition coefficient (Wildman–Crippen LogP) is -1.50. The number of rotatable bonds is 7. The van der Waals surface area contributed by atoms with Gasteiger partial charge in [0.15, 0.2) is 10.8 Å². The highest BCUT2D eigenvalue weighted by atomic mass is 32.2. The van der Waals surface area contributed by atoms with Crippen LogP contribution in [0, 0.1) is 0 Å². The van der Waals surface area contributed by atoms with Gasteiger partial charge in [-0.25, -0.2) is 4.98 Å². The van der Waals surface area contributed by atoms with Gasteiger partial charge in [0, 0.05) is 34.5 Å². The van der Waals surface area contributed by atoms with Crippen LogP contribution in [0.25, 0.3) is 5.52 Å². The minimum absolute atomic E-state index is 0.160. The van der Waals surface area contributed by atoms with Crippen molar-refractivity contribution in [2.24, 2.45) is 5.16 Å². The van der Waals surface area contributed by atoms with E-state index >= 15 is 0 Å². The zero-order valence-electron chi connectivity index (χ0n) is 18.7. The van der Waals surface area contributed by atoms with Gasteiger partial charge in [-0.1, -0.05) is 5.16 Å². The molecule has 0 bridgehead atoms. The van der Waals surface area contributed by atoms with Crippen LogP contribution in [0.15, 0.2) is 52.4 Å². The number of nitrogens with zero attached hydrogens (tertiary/aromatic N) is 5. The zero-order valence-corrected chi connectivity index (χ0v) is 20.3. The summed E-state index contributed by atoms with van der Waals surface area (Å²) in [5.41, 5.74) is 7.26. The van der Waals surface area contributed by atoms with Crippen molar-refractivity contribution in [3.05, 3.63) is 58.5 Å². The lowest BCUT2D eigenvalue weighted by atomic mass is 9.99. The first-order valence-corrected chi connectivity index (χ1v) is 12.4. The van der Waals surface area contributed by atoms with Crippen LogP contribution in [0.3, 0.4) is 0 Å². The van der Waals surface area contributed by atoms with Crippen molar-refractivity contribution in [2.45, 2.75) is 17.8 Å². The fourth-order valence-corrected chi connectivity index (χ4v) is 6.10. The molecule has 2 aliphatic rings. The number of carbonyl (C=O) groups is 3. The van der Waals surface area contributed by atoms with E-state index in [0.29, 0.717) is 16.7 Å². The molecule has 0 radical (unpaired) electrons. The summed E-state index contributed by atoms with van der Waals surface area (Å²) in [6.07, 6.45) is 3.32. The number of β-lactam (4-membered cyclic amide) rings is 1. The summed E-state index contributed by atoms with van der Waals surface area (Å²) >= 11 is 2.43. The molecule has 0 unspecified atom stereocenters. The van der Waals surface area contributed by atoms with Crippen molar-refractivity contribution in [1.82, 2.24) is 20.0 Å². The molecule has 3 aromatic rings. The number of carbonyl (C=O) groups excluding carboxylic acids is 3. The molecule has 3 aromatic heterocycles. The first-order chi connectivity index (χ1) is 17.3. The van der Waals surface area contributed by atoms with Crippen LogP contribution >= 0.6 is 23.1 Å². The van der Waals surface area contributed by atoms with Gasteiger partial charge in [0.05, 0.1) is 17.2 Å². The van der Waals surface area contributed by atoms with Gasteiger partial charge >= 0.3 is 0 Å². The number of hydrogen-bond donors (Lipinski definition) is 3. The molecule has 13 nitrogen and oxygen atoms in total. The summed E-state index contributed by atoms with van der Waals surface area (Å²) in [6, 6.07) is 4.35. The summed E-state index contributed by atoms with van der Waals surface area (Å²) in [6.45, 7) is 0. The third-order valence-corrected chi connectivity index (χ3v) is 7.77. The molecule has 4 N–H and O–H groups in total. The number of nitrogen functional groups attached to an aromatic ring is 1. The number of amides is 2. The van der Waals surface area contributed by atoms with Gasteiger partial charge in [-0.15, -0.1) is 23.1 Å². The average molecular weight is 530 g/mol. The minimum atomic E-state index is -1.49. The quantitative estimate of drug-likeness (QED) is 0.108. The van der Waals surface area contributed by atoms with Crippen LogP contribution in [0.5, 0.6) is 0 Å². The number of thiazole rings is 1. The average Bonchev–Trinajstić information content (AvgIpc) is 3.43.